The summed E-state index contributed by atoms with van der Waals surface area (Å²) in [4.78, 5) is 17.0. The van der Waals surface area contributed by atoms with Gasteiger partial charge < -0.3 is 14.8 Å². The number of hydrogen-bond acceptors (Lipinski definition) is 5. The van der Waals surface area contributed by atoms with Gasteiger partial charge in [-0.05, 0) is 48.4 Å². The second-order valence-electron chi connectivity index (χ2n) is 8.68. The van der Waals surface area contributed by atoms with Crippen molar-refractivity contribution in [3.63, 3.8) is 0 Å². The van der Waals surface area contributed by atoms with E-state index in [4.69, 9.17) is 14.6 Å². The molecule has 2 aromatic heterocycles. The van der Waals surface area contributed by atoms with E-state index in [0.717, 1.165) is 40.1 Å². The first-order chi connectivity index (χ1) is 17.7. The van der Waals surface area contributed by atoms with Crippen LogP contribution in [0.5, 0.6) is 11.5 Å². The number of hydrogen-bond donors (Lipinski definition) is 1. The van der Waals surface area contributed by atoms with E-state index in [2.05, 4.69) is 22.4 Å². The molecule has 4 aromatic rings. The van der Waals surface area contributed by atoms with Crippen molar-refractivity contribution < 1.29 is 14.3 Å². The standard InChI is InChI=1S/C29H28N4O3/c1-21(23-10-12-26-27(17-23)36-16-6-15-35-26)31-28(34)13-11-25-20-33(19-22-7-3-2-4-8-22)32-29(25)24-9-5-14-30-18-24/h2-5,7-14,17-18,20-21H,6,15-16,19H2,1H3,(H,31,34). The number of rotatable bonds is 7. The van der Waals surface area contributed by atoms with Gasteiger partial charge in [-0.3, -0.25) is 14.5 Å². The highest BCUT2D eigenvalue weighted by molar-refractivity contribution is 5.93. The average Bonchev–Trinajstić information content (AvgIpc) is 3.15. The van der Waals surface area contributed by atoms with Crippen molar-refractivity contribution in [1.29, 1.82) is 0 Å². The number of ether oxygens (including phenoxy) is 2. The lowest BCUT2D eigenvalue weighted by atomic mass is 10.1. The molecule has 7 heteroatoms. The predicted octanol–water partition coefficient (Wildman–Crippen LogP) is 5.05. The van der Waals surface area contributed by atoms with Gasteiger partial charge in [0.05, 0.1) is 25.8 Å². The SMILES string of the molecule is CC(NC(=O)C=Cc1cn(Cc2ccccc2)nc1-c1cccnc1)c1ccc2c(c1)OCCCO2. The van der Waals surface area contributed by atoms with Gasteiger partial charge >= 0.3 is 0 Å². The quantitative estimate of drug-likeness (QED) is 0.375. The number of nitrogens with zero attached hydrogens (tertiary/aromatic N) is 3. The zero-order chi connectivity index (χ0) is 24.7. The lowest BCUT2D eigenvalue weighted by Crippen LogP contribution is -2.24. The third kappa shape index (κ3) is 5.63. The number of aromatic nitrogens is 3. The zero-order valence-electron chi connectivity index (χ0n) is 20.1. The summed E-state index contributed by atoms with van der Waals surface area (Å²) in [7, 11) is 0. The molecular formula is C29H28N4O3. The molecule has 182 valence electrons. The van der Waals surface area contributed by atoms with Gasteiger partial charge in [0.15, 0.2) is 11.5 Å². The van der Waals surface area contributed by atoms with Gasteiger partial charge in [-0.15, -0.1) is 0 Å². The molecule has 1 aliphatic rings. The molecule has 1 aliphatic heterocycles. The van der Waals surface area contributed by atoms with Crippen LogP contribution in [-0.2, 0) is 11.3 Å². The third-order valence-corrected chi connectivity index (χ3v) is 5.96. The summed E-state index contributed by atoms with van der Waals surface area (Å²) in [5.41, 5.74) is 4.61. The molecule has 3 heterocycles. The Hall–Kier alpha value is -4.39. The first kappa shape index (κ1) is 23.4. The molecule has 0 saturated heterocycles. The normalized spacial score (nSPS) is 13.8. The Morgan fingerprint density at radius 2 is 1.92 bits per heavy atom. The van der Waals surface area contributed by atoms with Crippen molar-refractivity contribution in [3.8, 4) is 22.8 Å². The van der Waals surface area contributed by atoms with E-state index in [1.165, 1.54) is 0 Å². The molecule has 1 amide bonds. The zero-order valence-corrected chi connectivity index (χ0v) is 20.1. The Labute approximate surface area is 210 Å². The number of amides is 1. The number of benzene rings is 2. The Bertz CT molecular complexity index is 1350. The lowest BCUT2D eigenvalue weighted by molar-refractivity contribution is -0.117. The Morgan fingerprint density at radius 1 is 1.08 bits per heavy atom. The minimum atomic E-state index is -0.196. The van der Waals surface area contributed by atoms with E-state index in [1.807, 2.05) is 66.3 Å². The van der Waals surface area contributed by atoms with E-state index in [1.54, 1.807) is 24.5 Å². The topological polar surface area (TPSA) is 78.3 Å². The largest absolute Gasteiger partial charge is 0.490 e. The van der Waals surface area contributed by atoms with Gasteiger partial charge in [0.1, 0.15) is 5.69 Å². The van der Waals surface area contributed by atoms with Crippen LogP contribution in [0.15, 0.2) is 85.3 Å². The molecule has 5 rings (SSSR count). The van der Waals surface area contributed by atoms with Crippen LogP contribution in [0.1, 0.15) is 36.1 Å². The molecule has 0 fully saturated rings. The number of carbonyl (C=O) groups excluding carboxylic acids is 1. The fourth-order valence-corrected chi connectivity index (χ4v) is 4.10. The highest BCUT2D eigenvalue weighted by atomic mass is 16.5. The molecule has 1 atom stereocenters. The van der Waals surface area contributed by atoms with Crippen molar-refractivity contribution in [3.05, 3.63) is 102 Å². The van der Waals surface area contributed by atoms with Crippen LogP contribution in [0, 0.1) is 0 Å². The number of nitrogens with one attached hydrogen (secondary N) is 1. The van der Waals surface area contributed by atoms with Crippen molar-refractivity contribution in [2.45, 2.75) is 25.9 Å². The monoisotopic (exact) mass is 480 g/mol. The summed E-state index contributed by atoms with van der Waals surface area (Å²) in [5, 5.41) is 7.81. The van der Waals surface area contributed by atoms with Crippen LogP contribution < -0.4 is 14.8 Å². The maximum absolute atomic E-state index is 12.8. The van der Waals surface area contributed by atoms with Gasteiger partial charge in [0.25, 0.3) is 0 Å². The van der Waals surface area contributed by atoms with E-state index in [0.29, 0.717) is 25.5 Å². The summed E-state index contributed by atoms with van der Waals surface area (Å²) in [6, 6.07) is 19.6. The van der Waals surface area contributed by atoms with Crippen LogP contribution in [0.25, 0.3) is 17.3 Å². The maximum atomic E-state index is 12.8. The lowest BCUT2D eigenvalue weighted by Gasteiger charge is -2.15. The minimum Gasteiger partial charge on any atom is -0.490 e. The summed E-state index contributed by atoms with van der Waals surface area (Å²) >= 11 is 0. The van der Waals surface area contributed by atoms with Crippen LogP contribution in [0.4, 0.5) is 0 Å². The highest BCUT2D eigenvalue weighted by Crippen LogP contribution is 2.32. The van der Waals surface area contributed by atoms with Crippen LogP contribution >= 0.6 is 0 Å². The summed E-state index contributed by atoms with van der Waals surface area (Å²) in [6.45, 7) is 3.85. The molecular weight excluding hydrogens is 452 g/mol. The maximum Gasteiger partial charge on any atom is 0.244 e. The first-order valence-corrected chi connectivity index (χ1v) is 12.1. The molecule has 7 nitrogen and oxygen atoms in total. The smallest absolute Gasteiger partial charge is 0.244 e. The van der Waals surface area contributed by atoms with Crippen LogP contribution in [-0.4, -0.2) is 33.9 Å². The van der Waals surface area contributed by atoms with E-state index in [9.17, 15) is 4.79 Å². The minimum absolute atomic E-state index is 0.192. The van der Waals surface area contributed by atoms with Crippen LogP contribution in [0.2, 0.25) is 0 Å². The van der Waals surface area contributed by atoms with Gasteiger partial charge in [-0.1, -0.05) is 36.4 Å². The van der Waals surface area contributed by atoms with E-state index in [-0.39, 0.29) is 11.9 Å². The Morgan fingerprint density at radius 3 is 2.72 bits per heavy atom. The predicted molar refractivity (Wildman–Crippen MR) is 139 cm³/mol. The summed E-state index contributed by atoms with van der Waals surface area (Å²) < 4.78 is 13.4. The first-order valence-electron chi connectivity index (χ1n) is 12.1. The average molecular weight is 481 g/mol. The number of fused-ring (bicyclic) bond motifs is 1. The van der Waals surface area contributed by atoms with Crippen molar-refractivity contribution in [1.82, 2.24) is 20.1 Å². The molecule has 0 bridgehead atoms. The third-order valence-electron chi connectivity index (χ3n) is 5.96. The van der Waals surface area contributed by atoms with Crippen molar-refractivity contribution in [2.75, 3.05) is 13.2 Å². The van der Waals surface area contributed by atoms with Crippen molar-refractivity contribution >= 4 is 12.0 Å². The van der Waals surface area contributed by atoms with Gasteiger partial charge in [-0.25, -0.2) is 0 Å². The molecule has 0 saturated carbocycles. The molecule has 0 aliphatic carbocycles. The molecule has 1 unspecified atom stereocenters. The van der Waals surface area contributed by atoms with Gasteiger partial charge in [-0.2, -0.15) is 5.10 Å². The van der Waals surface area contributed by atoms with E-state index < -0.39 is 0 Å². The second kappa shape index (κ2) is 10.9. The fourth-order valence-electron chi connectivity index (χ4n) is 4.10. The van der Waals surface area contributed by atoms with Gasteiger partial charge in [0.2, 0.25) is 5.91 Å². The molecule has 0 spiro atoms. The number of carbonyl (C=O) groups is 1. The van der Waals surface area contributed by atoms with E-state index >= 15 is 0 Å². The summed E-state index contributed by atoms with van der Waals surface area (Å²) in [5.74, 6) is 1.27. The highest BCUT2D eigenvalue weighted by Gasteiger charge is 2.15. The molecule has 1 N–H and O–H groups in total. The van der Waals surface area contributed by atoms with Crippen LogP contribution in [0.3, 0.4) is 0 Å². The van der Waals surface area contributed by atoms with Gasteiger partial charge in [0, 0.05) is 42.2 Å². The molecule has 2 aromatic carbocycles. The molecule has 0 radical (unpaired) electrons. The Balaban J connectivity index is 1.32. The molecule has 36 heavy (non-hydrogen) atoms. The number of pyridine rings is 1. The second-order valence-corrected chi connectivity index (χ2v) is 8.68. The Kier molecular flexibility index (Phi) is 7.07. The summed E-state index contributed by atoms with van der Waals surface area (Å²) in [6.07, 6.45) is 9.65. The van der Waals surface area contributed by atoms with Crippen molar-refractivity contribution in [2.24, 2.45) is 0 Å². The fraction of sp³-hybridized carbons (Fsp3) is 0.207.